The zero-order chi connectivity index (χ0) is 22.9. The predicted molar refractivity (Wildman–Crippen MR) is 143 cm³/mol. The molecule has 0 saturated carbocycles. The van der Waals surface area contributed by atoms with Gasteiger partial charge in [0.25, 0.3) is 0 Å². The minimum Gasteiger partial charge on any atom is -0.491 e. The zero-order valence-corrected chi connectivity index (χ0v) is 21.6. The molecule has 1 unspecified atom stereocenters. The van der Waals surface area contributed by atoms with Gasteiger partial charge in [-0.1, -0.05) is 6.07 Å². The number of benzene rings is 1. The molecule has 2 aliphatic heterocycles. The van der Waals surface area contributed by atoms with Crippen LogP contribution in [0.25, 0.3) is 16.6 Å². The Labute approximate surface area is 221 Å². The third kappa shape index (κ3) is 4.92. The lowest BCUT2D eigenvalue weighted by Gasteiger charge is -2.44. The monoisotopic (exact) mass is 532 g/mol. The van der Waals surface area contributed by atoms with Crippen LogP contribution in [0.1, 0.15) is 0 Å². The van der Waals surface area contributed by atoms with Gasteiger partial charge in [0.2, 0.25) is 0 Å². The fourth-order valence-electron chi connectivity index (χ4n) is 4.94. The van der Waals surface area contributed by atoms with E-state index in [4.69, 9.17) is 4.74 Å². The largest absolute Gasteiger partial charge is 0.491 e. The van der Waals surface area contributed by atoms with Crippen LogP contribution < -0.4 is 20.0 Å². The van der Waals surface area contributed by atoms with E-state index in [0.29, 0.717) is 6.17 Å². The van der Waals surface area contributed by atoms with Crippen LogP contribution >= 0.6 is 24.8 Å². The smallest absolute Gasteiger partial charge is 0.179 e. The molecule has 0 aliphatic carbocycles. The lowest BCUT2D eigenvalue weighted by atomic mass is 10.2. The third-order valence-corrected chi connectivity index (χ3v) is 6.74. The molecule has 1 N–H and O–H groups in total. The molecule has 11 nitrogen and oxygen atoms in total. The molecule has 0 amide bonds. The highest BCUT2D eigenvalue weighted by molar-refractivity contribution is 5.85. The molecule has 2 saturated heterocycles. The second kappa shape index (κ2) is 11.3. The SMILES string of the molecule is COc1cncnc1N1CCN(C2CN(n3ccc4ccc(-n5cnnc5)cc43)CCN2)CC1.Cl.Cl. The van der Waals surface area contributed by atoms with Crippen LogP contribution in [0.3, 0.4) is 0 Å². The molecule has 2 aliphatic rings. The number of piperazine rings is 2. The fourth-order valence-corrected chi connectivity index (χ4v) is 4.94. The van der Waals surface area contributed by atoms with Gasteiger partial charge in [-0.15, -0.1) is 35.0 Å². The van der Waals surface area contributed by atoms with Crippen molar-refractivity contribution in [1.82, 2.24) is 39.6 Å². The maximum Gasteiger partial charge on any atom is 0.179 e. The lowest BCUT2D eigenvalue weighted by Crippen LogP contribution is -2.64. The molecule has 13 heteroatoms. The average Bonchev–Trinajstić information content (AvgIpc) is 3.59. The minimum absolute atomic E-state index is 0. The Balaban J connectivity index is 0.00000152. The van der Waals surface area contributed by atoms with Crippen LogP contribution in [0.4, 0.5) is 5.82 Å². The fraction of sp³-hybridized carbons (Fsp3) is 0.391. The number of aromatic nitrogens is 6. The van der Waals surface area contributed by atoms with E-state index < -0.39 is 0 Å². The number of methoxy groups -OCH3 is 1. The van der Waals surface area contributed by atoms with Gasteiger partial charge in [-0.05, 0) is 18.2 Å². The molecule has 5 heterocycles. The van der Waals surface area contributed by atoms with Crippen molar-refractivity contribution in [2.45, 2.75) is 6.17 Å². The summed E-state index contributed by atoms with van der Waals surface area (Å²) >= 11 is 0. The number of halogens is 2. The Morgan fingerprint density at radius 2 is 1.81 bits per heavy atom. The number of nitrogens with zero attached hydrogens (tertiary/aromatic N) is 9. The first-order chi connectivity index (χ1) is 16.8. The molecule has 1 aromatic carbocycles. The maximum atomic E-state index is 5.45. The van der Waals surface area contributed by atoms with Gasteiger partial charge in [-0.25, -0.2) is 9.97 Å². The summed E-state index contributed by atoms with van der Waals surface area (Å²) in [4.78, 5) is 13.3. The first-order valence-electron chi connectivity index (χ1n) is 11.6. The van der Waals surface area contributed by atoms with Crippen molar-refractivity contribution in [3.8, 4) is 11.4 Å². The molecule has 0 bridgehead atoms. The van der Waals surface area contributed by atoms with Gasteiger partial charge in [0.05, 0.1) is 37.2 Å². The standard InChI is InChI=1S/C23H28N10O.2ClH/c1-34-21-13-24-15-26-23(21)30-10-8-29(9-11-30)22-14-32(7-5-25-22)33-6-4-18-2-3-19(12-20(18)33)31-16-27-28-17-31;;/h2-4,6,12-13,15-17,22,25H,5,7-11,14H2,1H3;2*1H. The van der Waals surface area contributed by atoms with Crippen LogP contribution in [0, 0.1) is 0 Å². The van der Waals surface area contributed by atoms with Gasteiger partial charge in [0.1, 0.15) is 19.0 Å². The number of hydrogen-bond donors (Lipinski definition) is 1. The van der Waals surface area contributed by atoms with E-state index in [1.165, 1.54) is 10.9 Å². The summed E-state index contributed by atoms with van der Waals surface area (Å²) in [5.74, 6) is 1.60. The van der Waals surface area contributed by atoms with Gasteiger partial charge < -0.3 is 14.6 Å². The van der Waals surface area contributed by atoms with Crippen LogP contribution in [0.5, 0.6) is 5.75 Å². The molecule has 4 aromatic rings. The molecule has 3 aromatic heterocycles. The van der Waals surface area contributed by atoms with E-state index in [1.807, 2.05) is 4.57 Å². The van der Waals surface area contributed by atoms with Gasteiger partial charge in [-0.3, -0.25) is 19.5 Å². The van der Waals surface area contributed by atoms with Crippen molar-refractivity contribution in [2.75, 3.05) is 62.8 Å². The summed E-state index contributed by atoms with van der Waals surface area (Å²) in [5, 5.41) is 15.3. The van der Waals surface area contributed by atoms with Crippen molar-refractivity contribution in [3.05, 3.63) is 55.6 Å². The topological polar surface area (TPSA) is 92.4 Å². The molecule has 6 rings (SSSR count). The minimum atomic E-state index is 0. The second-order valence-electron chi connectivity index (χ2n) is 8.59. The normalized spacial score (nSPS) is 18.5. The summed E-state index contributed by atoms with van der Waals surface area (Å²) in [6, 6.07) is 8.63. The average molecular weight is 533 g/mol. The Morgan fingerprint density at radius 3 is 2.58 bits per heavy atom. The highest BCUT2D eigenvalue weighted by atomic mass is 35.5. The Morgan fingerprint density at radius 1 is 1.00 bits per heavy atom. The van der Waals surface area contributed by atoms with Crippen molar-refractivity contribution < 1.29 is 4.74 Å². The van der Waals surface area contributed by atoms with Crippen molar-refractivity contribution in [1.29, 1.82) is 0 Å². The number of nitrogens with one attached hydrogen (secondary N) is 1. The lowest BCUT2D eigenvalue weighted by molar-refractivity contribution is 0.141. The first kappa shape index (κ1) is 26.0. The van der Waals surface area contributed by atoms with E-state index in [1.54, 1.807) is 32.3 Å². The highest BCUT2D eigenvalue weighted by Gasteiger charge is 2.29. The van der Waals surface area contributed by atoms with Gasteiger partial charge in [0.15, 0.2) is 11.6 Å². The second-order valence-corrected chi connectivity index (χ2v) is 8.59. The summed E-state index contributed by atoms with van der Waals surface area (Å²) in [7, 11) is 1.67. The predicted octanol–water partition coefficient (Wildman–Crippen LogP) is 1.55. The maximum absolute atomic E-state index is 5.45. The van der Waals surface area contributed by atoms with Crippen molar-refractivity contribution in [3.63, 3.8) is 0 Å². The summed E-state index contributed by atoms with van der Waals surface area (Å²) in [5.41, 5.74) is 2.24. The van der Waals surface area contributed by atoms with Crippen LogP contribution in [-0.4, -0.2) is 93.4 Å². The van der Waals surface area contributed by atoms with Gasteiger partial charge in [-0.2, -0.15) is 0 Å². The van der Waals surface area contributed by atoms with Crippen LogP contribution in [-0.2, 0) is 0 Å². The van der Waals surface area contributed by atoms with Crippen molar-refractivity contribution in [2.24, 2.45) is 0 Å². The Hall–Kier alpha value is -3.12. The van der Waals surface area contributed by atoms with E-state index >= 15 is 0 Å². The molecule has 192 valence electrons. The van der Waals surface area contributed by atoms with E-state index in [-0.39, 0.29) is 24.8 Å². The summed E-state index contributed by atoms with van der Waals surface area (Å²) in [6.45, 7) is 6.54. The number of rotatable bonds is 5. The first-order valence-corrected chi connectivity index (χ1v) is 11.6. The third-order valence-electron chi connectivity index (χ3n) is 6.74. The molecule has 0 radical (unpaired) electrons. The highest BCUT2D eigenvalue weighted by Crippen LogP contribution is 2.25. The Kier molecular flexibility index (Phi) is 8.14. The van der Waals surface area contributed by atoms with Crippen LogP contribution in [0.15, 0.2) is 55.6 Å². The summed E-state index contributed by atoms with van der Waals surface area (Å²) in [6.07, 6.45) is 9.23. The number of anilines is 1. The molecule has 1 atom stereocenters. The van der Waals surface area contributed by atoms with Gasteiger partial charge >= 0.3 is 0 Å². The van der Waals surface area contributed by atoms with Crippen molar-refractivity contribution >= 4 is 41.5 Å². The molecule has 0 spiro atoms. The quantitative estimate of drug-likeness (QED) is 0.410. The molecular formula is C23H30Cl2N10O. The molecular weight excluding hydrogens is 503 g/mol. The summed E-state index contributed by atoms with van der Waals surface area (Å²) < 4.78 is 9.68. The molecule has 2 fully saturated rings. The molecule has 36 heavy (non-hydrogen) atoms. The van der Waals surface area contributed by atoms with E-state index in [9.17, 15) is 0 Å². The van der Waals surface area contributed by atoms with Gasteiger partial charge in [0, 0.05) is 50.9 Å². The Bertz CT molecular complexity index is 1260. The number of ether oxygens (including phenoxy) is 1. The number of fused-ring (bicyclic) bond motifs is 1. The zero-order valence-electron chi connectivity index (χ0n) is 20.0. The van der Waals surface area contributed by atoms with E-state index in [0.717, 1.165) is 63.1 Å². The van der Waals surface area contributed by atoms with E-state index in [2.05, 4.69) is 75.4 Å². The number of hydrogen-bond acceptors (Lipinski definition) is 9. The van der Waals surface area contributed by atoms with Crippen LogP contribution in [0.2, 0.25) is 0 Å².